The van der Waals surface area contributed by atoms with Crippen LogP contribution in [0.3, 0.4) is 0 Å². The van der Waals surface area contributed by atoms with Gasteiger partial charge in [-0.3, -0.25) is 0 Å². The molecule has 0 aliphatic heterocycles. The number of hydrogen-bond acceptors (Lipinski definition) is 0. The molecule has 2 aliphatic carbocycles. The Balaban J connectivity index is 0.000000129. The van der Waals surface area contributed by atoms with Crippen molar-refractivity contribution in [2.75, 3.05) is 0 Å². The summed E-state index contributed by atoms with van der Waals surface area (Å²) in [7, 11) is 0. The van der Waals surface area contributed by atoms with Gasteiger partial charge >= 0.3 is 0 Å². The zero-order chi connectivity index (χ0) is 38.7. The van der Waals surface area contributed by atoms with E-state index < -0.39 is 0 Å². The maximum absolute atomic E-state index is 3.41. The van der Waals surface area contributed by atoms with Crippen molar-refractivity contribution in [2.45, 2.75) is 40.5 Å². The molecule has 1 unspecified atom stereocenters. The lowest BCUT2D eigenvalue weighted by Gasteiger charge is -2.10. The molecule has 0 amide bonds. The molecule has 0 bridgehead atoms. The predicted octanol–water partition coefficient (Wildman–Crippen LogP) is 15.0. The molecule has 7 aromatic rings. The third-order valence-corrected chi connectivity index (χ3v) is 10.6. The lowest BCUT2D eigenvalue weighted by Crippen LogP contribution is -1.96. The monoisotopic (exact) mass is 725 g/mol. The van der Waals surface area contributed by atoms with Gasteiger partial charge in [-0.15, -0.1) is 0 Å². The molecule has 0 saturated carbocycles. The van der Waals surface area contributed by atoms with E-state index in [2.05, 4.69) is 227 Å². The molecule has 1 N–H and O–H groups in total. The number of aromatic nitrogens is 1. The molecule has 9 rings (SSSR count). The number of benzene rings is 6. The summed E-state index contributed by atoms with van der Waals surface area (Å²) in [5, 5.41) is 0. The first kappa shape index (κ1) is 37.9. The van der Waals surface area contributed by atoms with E-state index in [0.717, 1.165) is 12.8 Å². The van der Waals surface area contributed by atoms with Crippen molar-refractivity contribution in [3.05, 3.63) is 234 Å². The lowest BCUT2D eigenvalue weighted by molar-refractivity contribution is 0.953. The topological polar surface area (TPSA) is 15.8 Å². The number of nitrogens with one attached hydrogen (secondary N) is 1. The molecule has 0 fully saturated rings. The number of H-pyrrole nitrogens is 1. The van der Waals surface area contributed by atoms with Crippen LogP contribution in [0.4, 0.5) is 0 Å². The van der Waals surface area contributed by atoms with Gasteiger partial charge in [-0.1, -0.05) is 206 Å². The molecule has 2 aliphatic rings. The van der Waals surface area contributed by atoms with E-state index in [9.17, 15) is 0 Å². The molecular weight excluding hydrogens is 675 g/mol. The second-order valence-electron chi connectivity index (χ2n) is 14.8. The molecule has 1 heterocycles. The van der Waals surface area contributed by atoms with Crippen LogP contribution < -0.4 is 0 Å². The Hall–Kier alpha value is -6.44. The summed E-state index contributed by atoms with van der Waals surface area (Å²) < 4.78 is 0. The highest BCUT2D eigenvalue weighted by Gasteiger charge is 2.20. The molecule has 6 aromatic carbocycles. The zero-order valence-electron chi connectivity index (χ0n) is 33.0. The molecule has 276 valence electrons. The minimum absolute atomic E-state index is 0.417. The Morgan fingerprint density at radius 3 is 1.68 bits per heavy atom. The third-order valence-electron chi connectivity index (χ3n) is 10.6. The predicted molar refractivity (Wildman–Crippen MR) is 242 cm³/mol. The Labute approximate surface area is 334 Å². The van der Waals surface area contributed by atoms with Crippen molar-refractivity contribution in [1.29, 1.82) is 0 Å². The number of allylic oxidation sites excluding steroid dienone is 8. The minimum Gasteiger partial charge on any atom is -0.359 e. The average Bonchev–Trinajstić information content (AvgIpc) is 3.85. The van der Waals surface area contributed by atoms with E-state index in [4.69, 9.17) is 0 Å². The number of aryl methyl sites for hydroxylation is 3. The van der Waals surface area contributed by atoms with Gasteiger partial charge in [0.05, 0.1) is 0 Å². The second-order valence-corrected chi connectivity index (χ2v) is 14.8. The molecule has 1 aromatic heterocycles. The van der Waals surface area contributed by atoms with Crippen LogP contribution in [0.15, 0.2) is 200 Å². The van der Waals surface area contributed by atoms with E-state index >= 15 is 0 Å². The average molecular weight is 726 g/mol. The summed E-state index contributed by atoms with van der Waals surface area (Å²) in [6.45, 7) is 8.56. The first-order valence-electron chi connectivity index (χ1n) is 19.8. The molecule has 0 saturated heterocycles. The summed E-state index contributed by atoms with van der Waals surface area (Å²) in [4.78, 5) is 3.41. The maximum atomic E-state index is 3.41. The van der Waals surface area contributed by atoms with Gasteiger partial charge in [-0.05, 0) is 107 Å². The fourth-order valence-electron chi connectivity index (χ4n) is 7.37. The van der Waals surface area contributed by atoms with Crippen molar-refractivity contribution in [3.63, 3.8) is 0 Å². The maximum Gasteiger partial charge on any atom is 0.0420 e. The summed E-state index contributed by atoms with van der Waals surface area (Å²) >= 11 is 0. The van der Waals surface area contributed by atoms with Crippen LogP contribution in [0.5, 0.6) is 0 Å². The van der Waals surface area contributed by atoms with Crippen LogP contribution in [-0.4, -0.2) is 4.98 Å². The van der Waals surface area contributed by atoms with Gasteiger partial charge in [0.2, 0.25) is 0 Å². The van der Waals surface area contributed by atoms with E-state index in [-0.39, 0.29) is 0 Å². The molecule has 0 spiro atoms. The minimum atomic E-state index is 0.417. The zero-order valence-corrected chi connectivity index (χ0v) is 33.0. The Bertz CT molecular complexity index is 2470. The quantitative estimate of drug-likeness (QED) is 0.186. The summed E-state index contributed by atoms with van der Waals surface area (Å²) in [6, 6.07) is 56.4. The molecule has 1 heteroatoms. The van der Waals surface area contributed by atoms with Crippen LogP contribution in [0.2, 0.25) is 0 Å². The third kappa shape index (κ3) is 9.43. The van der Waals surface area contributed by atoms with Crippen molar-refractivity contribution in [1.82, 2.24) is 4.98 Å². The molecule has 1 nitrogen and oxygen atoms in total. The van der Waals surface area contributed by atoms with Crippen LogP contribution in [-0.2, 0) is 6.42 Å². The van der Waals surface area contributed by atoms with E-state index in [1.54, 1.807) is 0 Å². The Kier molecular flexibility index (Phi) is 12.3. The molecule has 56 heavy (non-hydrogen) atoms. The van der Waals surface area contributed by atoms with Crippen LogP contribution in [0.1, 0.15) is 47.0 Å². The fraction of sp³-hybridized carbons (Fsp3) is 0.127. The Morgan fingerprint density at radius 2 is 1.02 bits per heavy atom. The first-order chi connectivity index (χ1) is 27.4. The number of rotatable bonds is 4. The number of fused-ring (bicyclic) bond motifs is 3. The van der Waals surface area contributed by atoms with Crippen molar-refractivity contribution >= 4 is 5.57 Å². The highest BCUT2D eigenvalue weighted by Crippen LogP contribution is 2.41. The van der Waals surface area contributed by atoms with E-state index in [1.165, 1.54) is 83.7 Å². The summed E-state index contributed by atoms with van der Waals surface area (Å²) in [6.07, 6.45) is 17.2. The summed E-state index contributed by atoms with van der Waals surface area (Å²) in [5.74, 6) is 0.417. The van der Waals surface area contributed by atoms with E-state index in [0.29, 0.717) is 5.92 Å². The van der Waals surface area contributed by atoms with Crippen LogP contribution >= 0.6 is 0 Å². The normalized spacial score (nSPS) is 16.6. The van der Waals surface area contributed by atoms with Crippen LogP contribution in [0.25, 0.3) is 50.1 Å². The van der Waals surface area contributed by atoms with Gasteiger partial charge < -0.3 is 4.98 Å². The Morgan fingerprint density at radius 1 is 0.464 bits per heavy atom. The van der Waals surface area contributed by atoms with Crippen LogP contribution in [0, 0.1) is 26.7 Å². The lowest BCUT2D eigenvalue weighted by atomic mass is 9.95. The van der Waals surface area contributed by atoms with Gasteiger partial charge in [0.15, 0.2) is 0 Å². The van der Waals surface area contributed by atoms with Gasteiger partial charge in [0.1, 0.15) is 0 Å². The molecule has 1 atom stereocenters. The van der Waals surface area contributed by atoms with Gasteiger partial charge in [0.25, 0.3) is 0 Å². The second kappa shape index (κ2) is 18.3. The fourth-order valence-corrected chi connectivity index (χ4v) is 7.37. The van der Waals surface area contributed by atoms with Gasteiger partial charge in [0, 0.05) is 17.3 Å². The highest BCUT2D eigenvalue weighted by atomic mass is 14.7. The smallest absolute Gasteiger partial charge is 0.0420 e. The highest BCUT2D eigenvalue weighted by molar-refractivity contribution is 5.84. The standard InChI is InChI=1S/C20H16.C19H16.C16H19N/c1-14-9-11-15(12-10-14)17-7-4-8-19-18-6-3-2-5-16(18)13-20(17)19;1-15-7-9-17(10-8-15)19-13-11-18(12-14-19)16-5-3-2-4-6-16;1-13-9-7-5-3-4-6-8-10-15(13)16-12-11-14(2)17-16/h2-12H,13H2,1H3;2-14H,1H3;3,5-13,17H,4H2,1-2H3/b;;5-3-,8-6-,9-7-,15-10+. The molecular formula is C55H51N. The van der Waals surface area contributed by atoms with Crippen molar-refractivity contribution < 1.29 is 0 Å². The SMILES string of the molecule is Cc1ccc(-c2ccc(-c3ccccc3)cc2)cc1.Cc1ccc(-c2cccc3c2Cc2ccccc2-3)cc1.Cc1ccc(/C2=C/C=C\C/C=C\C=C/C2C)[nH]1. The van der Waals surface area contributed by atoms with Crippen molar-refractivity contribution in [2.24, 2.45) is 5.92 Å². The van der Waals surface area contributed by atoms with Gasteiger partial charge in [-0.2, -0.15) is 0 Å². The summed E-state index contributed by atoms with van der Waals surface area (Å²) in [5.41, 5.74) is 19.8. The van der Waals surface area contributed by atoms with Gasteiger partial charge in [-0.25, -0.2) is 0 Å². The van der Waals surface area contributed by atoms with Crippen molar-refractivity contribution in [3.8, 4) is 44.5 Å². The number of hydrogen-bond donors (Lipinski definition) is 1. The molecule has 0 radical (unpaired) electrons. The first-order valence-corrected chi connectivity index (χ1v) is 19.8. The largest absolute Gasteiger partial charge is 0.359 e. The van der Waals surface area contributed by atoms with E-state index in [1.807, 2.05) is 6.07 Å². The number of aromatic amines is 1.